The summed E-state index contributed by atoms with van der Waals surface area (Å²) in [5.74, 6) is 0.881. The van der Waals surface area contributed by atoms with Gasteiger partial charge in [-0.15, -0.1) is 21.5 Å². The van der Waals surface area contributed by atoms with Crippen LogP contribution in [0.3, 0.4) is 0 Å². The largest absolute Gasteiger partial charge is 0.507 e. The molecule has 7 heterocycles. The van der Waals surface area contributed by atoms with E-state index in [1.807, 2.05) is 63.5 Å². The number of carbonyl (C=O) groups is 2. The summed E-state index contributed by atoms with van der Waals surface area (Å²) >= 11 is 1.59. The number of rotatable bonds is 18. The lowest BCUT2D eigenvalue weighted by molar-refractivity contribution is -0.141. The van der Waals surface area contributed by atoms with Crippen molar-refractivity contribution in [1.82, 2.24) is 40.4 Å². The highest BCUT2D eigenvalue weighted by Crippen LogP contribution is 2.37. The minimum absolute atomic E-state index is 0.00195. The van der Waals surface area contributed by atoms with Crippen LogP contribution in [-0.2, 0) is 20.7 Å². The molecule has 3 aliphatic heterocycles. The fourth-order valence-corrected chi connectivity index (χ4v) is 12.1. The number of halogens is 1. The molecular formula is C57H69FN10O7S. The number of pyridine rings is 1. The predicted octanol–water partition coefficient (Wildman–Crippen LogP) is 8.39. The standard InChI is InChI=1S/C57H69FN10O7S/c1-33(2)53(57(72)68-31-40(69)25-48(68)56(71)62-34(3)38-9-11-39(12-10-38)54-35(4)61-32-76-54)50-29-51(65-75-50)67-21-14-36(15-22-67)30-66-19-16-41(17-20-66)73-42-26-43(27-42)74-52-24-37(13-18-60-52)23-46(58)45-28-47(63-64-55(45)59)44-7-5-6-8-49(44)70/h5-13,18,24,28-29,32-34,36,40-43,46,48,53,69-70H,14-17,19-23,25-27,30-31H2,1-4H3,(H2,59,64)(H,62,71)/t34-,40+,42-,43-,46?,48-,53+/m0/s1. The molecular weight excluding hydrogens is 988 g/mol. The highest BCUT2D eigenvalue weighted by molar-refractivity contribution is 7.13. The van der Waals surface area contributed by atoms with Gasteiger partial charge in [0, 0.05) is 94.4 Å². The van der Waals surface area contributed by atoms with Crippen LogP contribution < -0.4 is 20.7 Å². The van der Waals surface area contributed by atoms with Gasteiger partial charge in [-0.3, -0.25) is 9.59 Å². The minimum Gasteiger partial charge on any atom is -0.507 e. The zero-order valence-corrected chi connectivity index (χ0v) is 44.4. The number of benzene rings is 2. The van der Waals surface area contributed by atoms with Crippen LogP contribution in [-0.4, -0.2) is 127 Å². The van der Waals surface area contributed by atoms with Gasteiger partial charge >= 0.3 is 0 Å². The van der Waals surface area contributed by atoms with Crippen LogP contribution in [0.1, 0.15) is 112 Å². The fraction of sp³-hybridized carbons (Fsp3) is 0.491. The van der Waals surface area contributed by atoms with Crippen LogP contribution in [0.15, 0.2) is 89.0 Å². The number of anilines is 2. The number of ether oxygens (including phenoxy) is 2. The predicted molar refractivity (Wildman–Crippen MR) is 287 cm³/mol. The number of hydrogen-bond donors (Lipinski definition) is 4. The molecule has 0 radical (unpaired) electrons. The van der Waals surface area contributed by atoms with Gasteiger partial charge in [-0.25, -0.2) is 14.4 Å². The zero-order valence-electron chi connectivity index (χ0n) is 43.6. The number of aromatic nitrogens is 5. The van der Waals surface area contributed by atoms with Crippen molar-refractivity contribution >= 4 is 34.8 Å². The summed E-state index contributed by atoms with van der Waals surface area (Å²) in [6.45, 7) is 12.6. The third-order valence-corrected chi connectivity index (χ3v) is 16.7. The number of amides is 2. The Kier molecular flexibility index (Phi) is 16.3. The number of nitrogens with two attached hydrogens (primary N) is 1. The Morgan fingerprint density at radius 1 is 0.921 bits per heavy atom. The number of β-amino-alcohol motifs (C(OH)–C–C–N with tert-alkyl or cyclic N) is 1. The number of likely N-dealkylation sites (tertiary alicyclic amines) is 2. The van der Waals surface area contributed by atoms with Crippen molar-refractivity contribution in [3.05, 3.63) is 113 Å². The molecule has 2 aromatic carbocycles. The summed E-state index contributed by atoms with van der Waals surface area (Å²) < 4.78 is 34.4. The van der Waals surface area contributed by atoms with E-state index in [9.17, 15) is 19.8 Å². The Balaban J connectivity index is 0.639. The van der Waals surface area contributed by atoms with Crippen molar-refractivity contribution in [3.8, 4) is 33.3 Å². The summed E-state index contributed by atoms with van der Waals surface area (Å²) in [4.78, 5) is 44.4. The first-order valence-electron chi connectivity index (χ1n) is 26.8. The molecule has 4 fully saturated rings. The number of nitrogen functional groups attached to an aromatic ring is 1. The van der Waals surface area contributed by atoms with Gasteiger partial charge < -0.3 is 50.0 Å². The number of aryl methyl sites for hydroxylation is 1. The molecule has 0 bridgehead atoms. The van der Waals surface area contributed by atoms with Gasteiger partial charge in [0.25, 0.3) is 0 Å². The van der Waals surface area contributed by atoms with Gasteiger partial charge in [0.05, 0.1) is 46.1 Å². The van der Waals surface area contributed by atoms with Crippen LogP contribution in [0.4, 0.5) is 16.0 Å². The maximum Gasteiger partial charge on any atom is 0.243 e. The van der Waals surface area contributed by atoms with Crippen LogP contribution in [0, 0.1) is 18.8 Å². The van der Waals surface area contributed by atoms with Gasteiger partial charge in [-0.1, -0.05) is 55.4 Å². The smallest absolute Gasteiger partial charge is 0.243 e. The molecule has 1 aliphatic carbocycles. The first kappa shape index (κ1) is 52.9. The maximum atomic E-state index is 15.7. The van der Waals surface area contributed by atoms with Crippen molar-refractivity contribution in [3.63, 3.8) is 0 Å². The van der Waals surface area contributed by atoms with Crippen LogP contribution in [0.25, 0.3) is 21.7 Å². The van der Waals surface area contributed by atoms with Crippen molar-refractivity contribution in [1.29, 1.82) is 0 Å². The quantitative estimate of drug-likeness (QED) is 0.0635. The summed E-state index contributed by atoms with van der Waals surface area (Å²) in [6.07, 6.45) is 5.48. The molecule has 76 heavy (non-hydrogen) atoms. The fourth-order valence-electron chi connectivity index (χ4n) is 11.2. The van der Waals surface area contributed by atoms with E-state index < -0.39 is 24.2 Å². The summed E-state index contributed by atoms with van der Waals surface area (Å²) in [6, 6.07) is 20.6. The SMILES string of the molecule is Cc1ncsc1-c1ccc([C@H](C)NC(=O)[C@@H]2C[C@@H](O)CN2C(=O)[C@@H](c2cc(N3CCC(CN4CCC(O[C@H]5C[C@H](Oc6cc(CC(F)c7cc(-c8ccccc8O)nnc7N)ccn6)C5)CC4)CC3)no2)C(C)C)cc1. The monoisotopic (exact) mass is 1060 g/mol. The summed E-state index contributed by atoms with van der Waals surface area (Å²) in [5.41, 5.74) is 12.6. The molecule has 19 heteroatoms. The van der Waals surface area contributed by atoms with Crippen LogP contribution in [0.2, 0.25) is 0 Å². The van der Waals surface area contributed by atoms with Crippen molar-refractivity contribution in [2.75, 3.05) is 49.9 Å². The van der Waals surface area contributed by atoms with Crippen LogP contribution >= 0.6 is 11.3 Å². The molecule has 0 spiro atoms. The Labute approximate surface area is 447 Å². The van der Waals surface area contributed by atoms with E-state index in [2.05, 4.69) is 40.4 Å². The van der Waals surface area contributed by atoms with Crippen LogP contribution in [0.5, 0.6) is 11.6 Å². The Hall–Kier alpha value is -6.54. The van der Waals surface area contributed by atoms with Gasteiger partial charge in [-0.2, -0.15) is 0 Å². The lowest BCUT2D eigenvalue weighted by Gasteiger charge is -2.41. The number of piperidine rings is 2. The number of carbonyl (C=O) groups excluding carboxylic acids is 2. The molecule has 5 atom stereocenters. The highest BCUT2D eigenvalue weighted by atomic mass is 32.1. The second kappa shape index (κ2) is 23.4. The van der Waals surface area contributed by atoms with E-state index >= 15 is 4.39 Å². The van der Waals surface area contributed by atoms with Crippen molar-refractivity contribution < 1.29 is 38.2 Å². The number of nitrogens with zero attached hydrogens (tertiary/aromatic N) is 8. The third kappa shape index (κ3) is 12.2. The number of aromatic hydroxyl groups is 1. The molecule has 4 aromatic heterocycles. The molecule has 6 aromatic rings. The Morgan fingerprint density at radius 2 is 1.68 bits per heavy atom. The molecule has 402 valence electrons. The summed E-state index contributed by atoms with van der Waals surface area (Å²) in [7, 11) is 0. The average molecular weight is 1060 g/mol. The number of nitrogens with one attached hydrogen (secondary N) is 1. The van der Waals surface area contributed by atoms with E-state index in [1.165, 1.54) is 11.0 Å². The number of phenolic OH excluding ortho intramolecular Hbond substituents is 1. The number of hydrogen-bond acceptors (Lipinski definition) is 16. The molecule has 5 N–H and O–H groups in total. The number of para-hydroxylation sites is 1. The van der Waals surface area contributed by atoms with E-state index in [4.69, 9.17) is 19.7 Å². The van der Waals surface area contributed by atoms with Crippen molar-refractivity contribution in [2.45, 2.75) is 128 Å². The molecule has 1 unspecified atom stereocenters. The molecule has 4 aliphatic rings. The first-order valence-corrected chi connectivity index (χ1v) is 27.7. The zero-order chi connectivity index (χ0) is 53.0. The van der Waals surface area contributed by atoms with Gasteiger partial charge in [-0.05, 0) is 92.3 Å². The van der Waals surface area contributed by atoms with E-state index in [0.717, 1.165) is 98.8 Å². The number of phenols is 1. The number of aliphatic hydroxyl groups excluding tert-OH is 1. The Morgan fingerprint density at radius 3 is 2.41 bits per heavy atom. The summed E-state index contributed by atoms with van der Waals surface area (Å²) in [5, 5.41) is 36.6. The number of aliphatic hydroxyl groups is 1. The maximum absolute atomic E-state index is 15.7. The first-order chi connectivity index (χ1) is 36.7. The topological polar surface area (TPSA) is 218 Å². The average Bonchev–Trinajstić information content (AvgIpc) is 4.18. The minimum atomic E-state index is -1.46. The van der Waals surface area contributed by atoms with Gasteiger partial charge in [0.1, 0.15) is 30.0 Å². The lowest BCUT2D eigenvalue weighted by atomic mass is 9.91. The third-order valence-electron chi connectivity index (χ3n) is 15.7. The van der Waals surface area contributed by atoms with Gasteiger partial charge in [0.15, 0.2) is 17.4 Å². The molecule has 1 saturated carbocycles. The van der Waals surface area contributed by atoms with Crippen molar-refractivity contribution in [2.24, 2.45) is 11.8 Å². The van der Waals surface area contributed by atoms with E-state index in [-0.39, 0.29) is 78.6 Å². The Bertz CT molecular complexity index is 2940. The molecule has 10 rings (SSSR count). The second-order valence-electron chi connectivity index (χ2n) is 21.5. The molecule has 17 nitrogen and oxygen atoms in total. The number of thiazole rings is 1. The normalized spacial score (nSPS) is 21.8. The van der Waals surface area contributed by atoms with E-state index in [1.54, 1.807) is 53.9 Å². The van der Waals surface area contributed by atoms with E-state index in [0.29, 0.717) is 34.4 Å². The number of alkyl halides is 1. The lowest BCUT2D eigenvalue weighted by Crippen LogP contribution is -2.48. The highest BCUT2D eigenvalue weighted by Gasteiger charge is 2.44. The molecule has 2 amide bonds. The van der Waals surface area contributed by atoms with Gasteiger partial charge in [0.2, 0.25) is 17.7 Å². The molecule has 3 saturated heterocycles. The second-order valence-corrected chi connectivity index (χ2v) is 22.3.